The van der Waals surface area contributed by atoms with Crippen LogP contribution in [0.3, 0.4) is 0 Å². The van der Waals surface area contributed by atoms with E-state index in [2.05, 4.69) is 45.5 Å². The first-order chi connectivity index (χ1) is 17.4. The fraction of sp³-hybridized carbons (Fsp3) is 0.133. The topological polar surface area (TPSA) is 71.3 Å². The van der Waals surface area contributed by atoms with Gasteiger partial charge in [0.1, 0.15) is 18.2 Å². The van der Waals surface area contributed by atoms with Crippen LogP contribution in [-0.2, 0) is 11.4 Å². The molecule has 0 aromatic heterocycles. The molecule has 0 saturated carbocycles. The predicted octanol–water partition coefficient (Wildman–Crippen LogP) is 7.35. The second kappa shape index (κ2) is 11.1. The van der Waals surface area contributed by atoms with Gasteiger partial charge in [0.2, 0.25) is 0 Å². The maximum Gasteiger partial charge on any atom is 0.266 e. The summed E-state index contributed by atoms with van der Waals surface area (Å²) in [5.74, 6) is 0.556. The number of nitrogens with zero attached hydrogens (tertiary/aromatic N) is 1. The third-order valence-corrected chi connectivity index (χ3v) is 6.34. The highest BCUT2D eigenvalue weighted by molar-refractivity contribution is 9.10. The van der Waals surface area contributed by atoms with Crippen molar-refractivity contribution in [2.24, 2.45) is 0 Å². The van der Waals surface area contributed by atoms with E-state index in [1.54, 1.807) is 19.2 Å². The molecule has 0 aliphatic rings. The number of halogens is 1. The van der Waals surface area contributed by atoms with Gasteiger partial charge in [-0.15, -0.1) is 0 Å². The van der Waals surface area contributed by atoms with Gasteiger partial charge in [0, 0.05) is 5.69 Å². The Bertz CT molecular complexity index is 1520. The number of ether oxygens (including phenoxy) is 2. The summed E-state index contributed by atoms with van der Waals surface area (Å²) in [4.78, 5) is 12.8. The predicted molar refractivity (Wildman–Crippen MR) is 147 cm³/mol. The maximum absolute atomic E-state index is 12.8. The number of fused-ring (bicyclic) bond motifs is 1. The van der Waals surface area contributed by atoms with Crippen molar-refractivity contribution < 1.29 is 14.3 Å². The summed E-state index contributed by atoms with van der Waals surface area (Å²) >= 11 is 3.55. The number of nitriles is 1. The molecule has 0 saturated heterocycles. The smallest absolute Gasteiger partial charge is 0.266 e. The van der Waals surface area contributed by atoms with E-state index < -0.39 is 5.91 Å². The summed E-state index contributed by atoms with van der Waals surface area (Å²) in [5, 5.41) is 14.8. The maximum atomic E-state index is 12.8. The minimum Gasteiger partial charge on any atom is -0.493 e. The van der Waals surface area contributed by atoms with Gasteiger partial charge in [-0.3, -0.25) is 4.79 Å². The summed E-state index contributed by atoms with van der Waals surface area (Å²) in [6.45, 7) is 4.26. The monoisotopic (exact) mass is 540 g/mol. The number of carbonyl (C=O) groups excluding carboxylic acids is 1. The molecule has 0 heterocycles. The highest BCUT2D eigenvalue weighted by Gasteiger charge is 2.15. The zero-order valence-corrected chi connectivity index (χ0v) is 21.8. The molecular weight excluding hydrogens is 516 g/mol. The molecule has 1 amide bonds. The standard InChI is InChI=1S/C30H25BrN2O3/c1-19-8-11-27(20(2)12-19)33-30(34)25(17-32)14-22-15-26(31)29(28(16-22)35-3)36-18-21-9-10-23-6-4-5-7-24(23)13-21/h4-16H,18H2,1-3H3,(H,33,34)/b25-14+. The summed E-state index contributed by atoms with van der Waals surface area (Å²) in [6.07, 6.45) is 1.53. The van der Waals surface area contributed by atoms with Gasteiger partial charge in [-0.05, 0) is 87.6 Å². The van der Waals surface area contributed by atoms with Crippen LogP contribution in [-0.4, -0.2) is 13.0 Å². The molecule has 36 heavy (non-hydrogen) atoms. The van der Waals surface area contributed by atoms with Crippen LogP contribution in [0, 0.1) is 25.2 Å². The second-order valence-electron chi connectivity index (χ2n) is 8.45. The molecule has 0 aliphatic carbocycles. The number of amides is 1. The van der Waals surface area contributed by atoms with Crippen molar-refractivity contribution in [3.05, 3.63) is 105 Å². The highest BCUT2D eigenvalue weighted by atomic mass is 79.9. The van der Waals surface area contributed by atoms with E-state index in [1.807, 2.05) is 56.3 Å². The van der Waals surface area contributed by atoms with Gasteiger partial charge in [-0.25, -0.2) is 0 Å². The third-order valence-electron chi connectivity index (χ3n) is 5.76. The molecule has 0 radical (unpaired) electrons. The number of anilines is 1. The molecule has 0 fully saturated rings. The molecular formula is C30H25BrN2O3. The summed E-state index contributed by atoms with van der Waals surface area (Å²) in [6, 6.07) is 25.6. The van der Waals surface area contributed by atoms with Crippen molar-refractivity contribution in [3.63, 3.8) is 0 Å². The number of methoxy groups -OCH3 is 1. The van der Waals surface area contributed by atoms with Crippen molar-refractivity contribution >= 4 is 44.4 Å². The van der Waals surface area contributed by atoms with E-state index in [4.69, 9.17) is 9.47 Å². The summed E-state index contributed by atoms with van der Waals surface area (Å²) < 4.78 is 12.3. The van der Waals surface area contributed by atoms with Crippen LogP contribution < -0.4 is 14.8 Å². The van der Waals surface area contributed by atoms with Crippen molar-refractivity contribution in [3.8, 4) is 17.6 Å². The molecule has 0 atom stereocenters. The summed E-state index contributed by atoms with van der Waals surface area (Å²) in [5.41, 5.74) is 4.33. The Morgan fingerprint density at radius 3 is 2.53 bits per heavy atom. The van der Waals surface area contributed by atoms with E-state index >= 15 is 0 Å². The SMILES string of the molecule is COc1cc(/C=C(\C#N)C(=O)Nc2ccc(C)cc2C)cc(Br)c1OCc1ccc2ccccc2c1. The Morgan fingerprint density at radius 1 is 1.03 bits per heavy atom. The van der Waals surface area contributed by atoms with E-state index in [-0.39, 0.29) is 5.57 Å². The van der Waals surface area contributed by atoms with Gasteiger partial charge < -0.3 is 14.8 Å². The lowest BCUT2D eigenvalue weighted by Crippen LogP contribution is -2.14. The van der Waals surface area contributed by atoms with E-state index in [1.165, 1.54) is 11.5 Å². The quantitative estimate of drug-likeness (QED) is 0.196. The molecule has 180 valence electrons. The van der Waals surface area contributed by atoms with Crippen LogP contribution in [0.2, 0.25) is 0 Å². The van der Waals surface area contributed by atoms with Crippen molar-refractivity contribution in [2.45, 2.75) is 20.5 Å². The number of aryl methyl sites for hydroxylation is 2. The molecule has 0 spiro atoms. The number of nitrogens with one attached hydrogen (secondary N) is 1. The largest absolute Gasteiger partial charge is 0.493 e. The van der Waals surface area contributed by atoms with Gasteiger partial charge in [0.15, 0.2) is 11.5 Å². The first-order valence-electron chi connectivity index (χ1n) is 11.4. The number of hydrogen-bond donors (Lipinski definition) is 1. The van der Waals surface area contributed by atoms with Crippen molar-refractivity contribution in [2.75, 3.05) is 12.4 Å². The first-order valence-corrected chi connectivity index (χ1v) is 12.2. The average Bonchev–Trinajstić information content (AvgIpc) is 2.87. The molecule has 4 aromatic rings. The minimum absolute atomic E-state index is 0.0197. The van der Waals surface area contributed by atoms with Crippen molar-refractivity contribution in [1.82, 2.24) is 0 Å². The van der Waals surface area contributed by atoms with Gasteiger partial charge in [-0.2, -0.15) is 5.26 Å². The molecule has 0 bridgehead atoms. The lowest BCUT2D eigenvalue weighted by molar-refractivity contribution is -0.112. The number of carbonyl (C=O) groups is 1. The van der Waals surface area contributed by atoms with Gasteiger partial charge in [0.25, 0.3) is 5.91 Å². The molecule has 6 heteroatoms. The third kappa shape index (κ3) is 5.76. The van der Waals surface area contributed by atoms with Crippen LogP contribution >= 0.6 is 15.9 Å². The number of hydrogen-bond acceptors (Lipinski definition) is 4. The fourth-order valence-corrected chi connectivity index (χ4v) is 4.48. The van der Waals surface area contributed by atoms with Gasteiger partial charge >= 0.3 is 0 Å². The zero-order chi connectivity index (χ0) is 25.7. The van der Waals surface area contributed by atoms with Crippen LogP contribution in [0.15, 0.2) is 82.8 Å². The normalized spacial score (nSPS) is 11.1. The highest BCUT2D eigenvalue weighted by Crippen LogP contribution is 2.38. The van der Waals surface area contributed by atoms with Gasteiger partial charge in [0.05, 0.1) is 11.6 Å². The summed E-state index contributed by atoms with van der Waals surface area (Å²) in [7, 11) is 1.55. The minimum atomic E-state index is -0.476. The van der Waals surface area contributed by atoms with Gasteiger partial charge in [-0.1, -0.05) is 54.1 Å². The second-order valence-corrected chi connectivity index (χ2v) is 9.30. The molecule has 1 N–H and O–H groups in total. The molecule has 5 nitrogen and oxygen atoms in total. The van der Waals surface area contributed by atoms with Crippen molar-refractivity contribution in [1.29, 1.82) is 5.26 Å². The Hall–Kier alpha value is -4.08. The van der Waals surface area contributed by atoms with E-state index in [0.29, 0.717) is 33.8 Å². The Labute approximate surface area is 219 Å². The molecule has 4 aromatic carbocycles. The Kier molecular flexibility index (Phi) is 7.72. The van der Waals surface area contributed by atoms with Crippen LogP contribution in [0.25, 0.3) is 16.8 Å². The van der Waals surface area contributed by atoms with Crippen LogP contribution in [0.1, 0.15) is 22.3 Å². The number of rotatable bonds is 7. The Morgan fingerprint density at radius 2 is 1.81 bits per heavy atom. The van der Waals surface area contributed by atoms with Crippen LogP contribution in [0.4, 0.5) is 5.69 Å². The van der Waals surface area contributed by atoms with E-state index in [0.717, 1.165) is 22.1 Å². The first kappa shape index (κ1) is 25.0. The van der Waals surface area contributed by atoms with E-state index in [9.17, 15) is 10.1 Å². The number of benzene rings is 4. The Balaban J connectivity index is 1.54. The fourth-order valence-electron chi connectivity index (χ4n) is 3.91. The lowest BCUT2D eigenvalue weighted by Gasteiger charge is -2.14. The van der Waals surface area contributed by atoms with Crippen LogP contribution in [0.5, 0.6) is 11.5 Å². The zero-order valence-electron chi connectivity index (χ0n) is 20.3. The molecule has 0 aliphatic heterocycles. The molecule has 0 unspecified atom stereocenters. The molecule has 4 rings (SSSR count). The lowest BCUT2D eigenvalue weighted by atomic mass is 10.1. The average molecular weight is 541 g/mol.